The first-order valence-electron chi connectivity index (χ1n) is 5.26. The summed E-state index contributed by atoms with van der Waals surface area (Å²) < 4.78 is 37.8. The molecule has 1 atom stereocenters. The second-order valence-electron chi connectivity index (χ2n) is 4.35. The fourth-order valence-electron chi connectivity index (χ4n) is 1.89. The average molecular weight is 317 g/mol. The molecule has 1 aliphatic heterocycles. The van der Waals surface area contributed by atoms with E-state index in [0.29, 0.717) is 0 Å². The Morgan fingerprint density at radius 3 is 2.53 bits per heavy atom. The van der Waals surface area contributed by atoms with Gasteiger partial charge in [-0.15, -0.1) is 0 Å². The first-order chi connectivity index (χ1) is 8.64. The number of alkyl halides is 3. The van der Waals surface area contributed by atoms with Crippen LogP contribution in [0, 0.1) is 0 Å². The van der Waals surface area contributed by atoms with Crippen LogP contribution in [0.15, 0.2) is 6.07 Å². The summed E-state index contributed by atoms with van der Waals surface area (Å²) >= 11 is 11.3. The lowest BCUT2D eigenvalue weighted by Gasteiger charge is -2.25. The van der Waals surface area contributed by atoms with Gasteiger partial charge in [0.15, 0.2) is 5.60 Å². The zero-order chi connectivity index (χ0) is 14.4. The monoisotopic (exact) mass is 316 g/mol. The highest BCUT2D eigenvalue weighted by atomic mass is 35.5. The number of nitrogens with zero attached hydrogens (tertiary/aromatic N) is 1. The summed E-state index contributed by atoms with van der Waals surface area (Å²) in [4.78, 5) is 15.3. The Morgan fingerprint density at radius 1 is 1.47 bits per heavy atom. The normalized spacial score (nSPS) is 24.0. The Bertz CT molecular complexity index is 498. The summed E-state index contributed by atoms with van der Waals surface area (Å²) in [5, 5.41) is 9.62. The predicted molar refractivity (Wildman–Crippen MR) is 62.3 cm³/mol. The minimum atomic E-state index is -4.77. The maximum Gasteiger partial charge on any atom is 0.419 e. The quantitative estimate of drug-likeness (QED) is 0.836. The van der Waals surface area contributed by atoms with Crippen LogP contribution in [-0.2, 0) is 0 Å². The Balaban J connectivity index is 2.15. The minimum absolute atomic E-state index is 0.0126. The first-order valence-corrected chi connectivity index (χ1v) is 6.02. The molecule has 4 nitrogen and oxygen atoms in total. The molecule has 1 fully saturated rings. The largest absolute Gasteiger partial charge is 0.419 e. The van der Waals surface area contributed by atoms with Gasteiger partial charge in [0.05, 0.1) is 11.6 Å². The number of aromatic amines is 1. The molecule has 19 heavy (non-hydrogen) atoms. The van der Waals surface area contributed by atoms with Gasteiger partial charge in [0, 0.05) is 13.0 Å². The molecule has 1 amide bonds. The molecule has 0 aliphatic carbocycles. The van der Waals surface area contributed by atoms with E-state index in [1.165, 1.54) is 6.07 Å². The zero-order valence-electron chi connectivity index (χ0n) is 9.39. The summed E-state index contributed by atoms with van der Waals surface area (Å²) in [5.41, 5.74) is -2.87. The van der Waals surface area contributed by atoms with Crippen molar-refractivity contribution in [1.82, 2.24) is 9.88 Å². The highest BCUT2D eigenvalue weighted by Gasteiger charge is 2.57. The zero-order valence-corrected chi connectivity index (χ0v) is 10.9. The number of nitrogens with one attached hydrogen (secondary N) is 1. The number of amides is 1. The lowest BCUT2D eigenvalue weighted by molar-refractivity contribution is -0.253. The number of aromatic nitrogens is 1. The molecule has 0 bridgehead atoms. The number of hydrogen-bond donors (Lipinski definition) is 2. The summed E-state index contributed by atoms with van der Waals surface area (Å²) in [6, 6.07) is 1.23. The molecule has 106 valence electrons. The molecule has 0 unspecified atom stereocenters. The topological polar surface area (TPSA) is 56.3 Å². The molecular formula is C10H9Cl2F3N2O2. The van der Waals surface area contributed by atoms with Gasteiger partial charge in [0.25, 0.3) is 5.91 Å². The van der Waals surface area contributed by atoms with E-state index in [0.717, 1.165) is 4.90 Å². The third-order valence-electron chi connectivity index (χ3n) is 3.02. The highest BCUT2D eigenvalue weighted by molar-refractivity contribution is 6.41. The van der Waals surface area contributed by atoms with E-state index >= 15 is 0 Å². The highest BCUT2D eigenvalue weighted by Crippen LogP contribution is 2.38. The van der Waals surface area contributed by atoms with Gasteiger partial charge in [-0.05, 0) is 6.07 Å². The summed E-state index contributed by atoms with van der Waals surface area (Å²) in [6.45, 7) is -0.993. The molecular weight excluding hydrogens is 308 g/mol. The van der Waals surface area contributed by atoms with E-state index < -0.39 is 30.7 Å². The number of likely N-dealkylation sites (tertiary alicyclic amines) is 1. The molecule has 1 saturated heterocycles. The van der Waals surface area contributed by atoms with Crippen LogP contribution in [0.5, 0.6) is 0 Å². The van der Waals surface area contributed by atoms with Crippen molar-refractivity contribution in [2.45, 2.75) is 18.2 Å². The molecule has 1 aromatic heterocycles. The number of halogens is 5. The van der Waals surface area contributed by atoms with E-state index in [1.54, 1.807) is 0 Å². The van der Waals surface area contributed by atoms with Crippen LogP contribution in [-0.4, -0.2) is 45.8 Å². The van der Waals surface area contributed by atoms with E-state index in [9.17, 15) is 23.1 Å². The predicted octanol–water partition coefficient (Wildman–Crippen LogP) is 2.46. The van der Waals surface area contributed by atoms with Crippen LogP contribution in [0.4, 0.5) is 13.2 Å². The maximum atomic E-state index is 12.6. The number of hydrogen-bond acceptors (Lipinski definition) is 2. The van der Waals surface area contributed by atoms with Crippen LogP contribution in [0.2, 0.25) is 10.2 Å². The van der Waals surface area contributed by atoms with Crippen LogP contribution in [0.25, 0.3) is 0 Å². The summed E-state index contributed by atoms with van der Waals surface area (Å²) in [6.07, 6.45) is -5.32. The van der Waals surface area contributed by atoms with Gasteiger partial charge in [-0.2, -0.15) is 13.2 Å². The maximum absolute atomic E-state index is 12.6. The second-order valence-corrected chi connectivity index (χ2v) is 5.14. The molecule has 1 aromatic rings. The van der Waals surface area contributed by atoms with Crippen molar-refractivity contribution >= 4 is 29.1 Å². The molecule has 1 aliphatic rings. The van der Waals surface area contributed by atoms with E-state index in [1.807, 2.05) is 0 Å². The number of carbonyl (C=O) groups excluding carboxylic acids is 1. The van der Waals surface area contributed by atoms with Crippen molar-refractivity contribution in [3.63, 3.8) is 0 Å². The van der Waals surface area contributed by atoms with Gasteiger partial charge < -0.3 is 15.0 Å². The molecule has 0 spiro atoms. The Hall–Kier alpha value is -0.920. The number of β-amino-alcohol motifs (C(OH)–C–C–N with tert-alkyl or cyclic N) is 1. The number of rotatable bonds is 1. The third-order valence-corrected chi connectivity index (χ3v) is 3.71. The van der Waals surface area contributed by atoms with Crippen molar-refractivity contribution in [2.24, 2.45) is 0 Å². The average Bonchev–Trinajstić information content (AvgIpc) is 2.83. The first kappa shape index (κ1) is 14.5. The van der Waals surface area contributed by atoms with Crippen LogP contribution >= 0.6 is 23.2 Å². The minimum Gasteiger partial charge on any atom is -0.379 e. The summed E-state index contributed by atoms with van der Waals surface area (Å²) in [7, 11) is 0. The van der Waals surface area contributed by atoms with Crippen LogP contribution in [0.3, 0.4) is 0 Å². The molecule has 0 aromatic carbocycles. The van der Waals surface area contributed by atoms with Gasteiger partial charge in [0.1, 0.15) is 10.8 Å². The Labute approximate surface area is 116 Å². The number of carbonyl (C=O) groups is 1. The van der Waals surface area contributed by atoms with E-state index in [4.69, 9.17) is 23.2 Å². The summed E-state index contributed by atoms with van der Waals surface area (Å²) in [5.74, 6) is -0.686. The van der Waals surface area contributed by atoms with Gasteiger partial charge >= 0.3 is 6.18 Å². The Kier molecular flexibility index (Phi) is 3.49. The Morgan fingerprint density at radius 2 is 2.11 bits per heavy atom. The van der Waals surface area contributed by atoms with Crippen molar-refractivity contribution in [3.8, 4) is 0 Å². The standard InChI is InChI=1S/C10H9Cl2F3N2O2/c11-5-3-6(16-7(5)12)8(18)17-2-1-9(19,4-17)10(13,14)15/h3,16,19H,1-2,4H2/t9-/m1/s1. The van der Waals surface area contributed by atoms with E-state index in [2.05, 4.69) is 4.98 Å². The SMILES string of the molecule is O=C(c1cc(Cl)c(Cl)[nH]1)N1CC[C@](O)(C(F)(F)F)C1. The molecule has 0 radical (unpaired) electrons. The fraction of sp³-hybridized carbons (Fsp3) is 0.500. The number of H-pyrrole nitrogens is 1. The molecule has 2 heterocycles. The lowest BCUT2D eigenvalue weighted by Crippen LogP contribution is -2.48. The van der Waals surface area contributed by atoms with Gasteiger partial charge in [-0.1, -0.05) is 23.2 Å². The molecule has 2 rings (SSSR count). The smallest absolute Gasteiger partial charge is 0.379 e. The number of aliphatic hydroxyl groups is 1. The van der Waals surface area contributed by atoms with Crippen molar-refractivity contribution < 1.29 is 23.1 Å². The van der Waals surface area contributed by atoms with Gasteiger partial charge in [0.2, 0.25) is 0 Å². The third kappa shape index (κ3) is 2.54. The molecule has 9 heteroatoms. The van der Waals surface area contributed by atoms with E-state index in [-0.39, 0.29) is 22.4 Å². The second kappa shape index (κ2) is 4.57. The molecule has 0 saturated carbocycles. The fourth-order valence-corrected chi connectivity index (χ4v) is 2.20. The van der Waals surface area contributed by atoms with Gasteiger partial charge in [-0.3, -0.25) is 4.79 Å². The molecule has 2 N–H and O–H groups in total. The van der Waals surface area contributed by atoms with Crippen molar-refractivity contribution in [2.75, 3.05) is 13.1 Å². The van der Waals surface area contributed by atoms with Crippen LogP contribution in [0.1, 0.15) is 16.9 Å². The van der Waals surface area contributed by atoms with Crippen molar-refractivity contribution in [1.29, 1.82) is 0 Å². The lowest BCUT2D eigenvalue weighted by atomic mass is 10.0. The van der Waals surface area contributed by atoms with Crippen LogP contribution < -0.4 is 0 Å². The van der Waals surface area contributed by atoms with Crippen molar-refractivity contribution in [3.05, 3.63) is 21.9 Å². The van der Waals surface area contributed by atoms with Gasteiger partial charge in [-0.25, -0.2) is 0 Å².